The number of rotatable bonds is 8. The minimum atomic E-state index is 0.596. The van der Waals surface area contributed by atoms with Crippen LogP contribution in [0.25, 0.3) is 0 Å². The third kappa shape index (κ3) is 6.94. The molecule has 0 amide bonds. The molecule has 3 heterocycles. The number of nitrogens with zero attached hydrogens (tertiary/aromatic N) is 2. The van der Waals surface area contributed by atoms with E-state index in [-0.39, 0.29) is 0 Å². The molecule has 2 aromatic rings. The average Bonchev–Trinajstić information content (AvgIpc) is 3.36. The number of guanidine groups is 1. The number of hydrogen-bond donors (Lipinski definition) is 2. The third-order valence-corrected chi connectivity index (χ3v) is 6.85. The van der Waals surface area contributed by atoms with Gasteiger partial charge in [-0.25, -0.2) is 0 Å². The van der Waals surface area contributed by atoms with Gasteiger partial charge in [0.1, 0.15) is 0 Å². The molecule has 27 heavy (non-hydrogen) atoms. The molecule has 0 aromatic carbocycles. The lowest BCUT2D eigenvalue weighted by Crippen LogP contribution is -2.45. The van der Waals surface area contributed by atoms with Crippen LogP contribution in [0.1, 0.15) is 29.5 Å². The molecule has 0 spiro atoms. The van der Waals surface area contributed by atoms with E-state index in [0.29, 0.717) is 11.8 Å². The summed E-state index contributed by atoms with van der Waals surface area (Å²) < 4.78 is 0. The van der Waals surface area contributed by atoms with Crippen molar-refractivity contribution >= 4 is 28.6 Å². The number of thiophene rings is 2. The smallest absolute Gasteiger partial charge is 0.190 e. The Morgan fingerprint density at radius 2 is 2.00 bits per heavy atom. The predicted molar refractivity (Wildman–Crippen MR) is 119 cm³/mol. The summed E-state index contributed by atoms with van der Waals surface area (Å²) in [6.07, 6.45) is 3.73. The molecule has 3 rings (SSSR count). The van der Waals surface area contributed by atoms with Crippen molar-refractivity contribution in [3.63, 3.8) is 0 Å². The summed E-state index contributed by atoms with van der Waals surface area (Å²) in [5, 5.41) is 11.4. The molecule has 2 unspecified atom stereocenters. The first kappa shape index (κ1) is 20.4. The molecule has 1 aliphatic rings. The maximum absolute atomic E-state index is 4.41. The highest BCUT2D eigenvalue weighted by molar-refractivity contribution is 7.10. The molecule has 0 aliphatic carbocycles. The first-order valence-electron chi connectivity index (χ1n) is 9.94. The average molecular weight is 405 g/mol. The Kier molecular flexibility index (Phi) is 8.17. The normalized spacial score (nSPS) is 19.8. The van der Waals surface area contributed by atoms with Crippen LogP contribution in [0.4, 0.5) is 0 Å². The van der Waals surface area contributed by atoms with Gasteiger partial charge in [-0.1, -0.05) is 19.1 Å². The van der Waals surface area contributed by atoms with Gasteiger partial charge in [0.2, 0.25) is 0 Å². The van der Waals surface area contributed by atoms with Gasteiger partial charge in [0, 0.05) is 43.0 Å². The highest BCUT2D eigenvalue weighted by atomic mass is 32.1. The van der Waals surface area contributed by atoms with E-state index in [0.717, 1.165) is 32.0 Å². The van der Waals surface area contributed by atoms with Crippen LogP contribution >= 0.6 is 22.7 Å². The van der Waals surface area contributed by atoms with Crippen molar-refractivity contribution in [3.8, 4) is 0 Å². The largest absolute Gasteiger partial charge is 0.356 e. The van der Waals surface area contributed by atoms with Crippen molar-refractivity contribution in [2.75, 3.05) is 33.2 Å². The van der Waals surface area contributed by atoms with Crippen molar-refractivity contribution in [2.24, 2.45) is 16.8 Å². The fourth-order valence-corrected chi connectivity index (χ4v) is 5.28. The highest BCUT2D eigenvalue weighted by Crippen LogP contribution is 2.20. The lowest BCUT2D eigenvalue weighted by atomic mass is 9.98. The molecule has 1 saturated heterocycles. The Morgan fingerprint density at radius 3 is 2.70 bits per heavy atom. The van der Waals surface area contributed by atoms with Gasteiger partial charge in [0.05, 0.1) is 0 Å². The predicted octanol–water partition coefficient (Wildman–Crippen LogP) is 4.07. The van der Waals surface area contributed by atoms with E-state index >= 15 is 0 Å². The van der Waals surface area contributed by atoms with Crippen molar-refractivity contribution < 1.29 is 0 Å². The van der Waals surface area contributed by atoms with Crippen LogP contribution in [0.15, 0.2) is 40.0 Å². The number of nitrogens with one attached hydrogen (secondary N) is 2. The Morgan fingerprint density at radius 1 is 1.22 bits per heavy atom. The van der Waals surface area contributed by atoms with Crippen LogP contribution in [0.2, 0.25) is 0 Å². The van der Waals surface area contributed by atoms with Gasteiger partial charge < -0.3 is 10.6 Å². The van der Waals surface area contributed by atoms with E-state index in [1.807, 2.05) is 29.7 Å². The second kappa shape index (κ2) is 10.8. The van der Waals surface area contributed by atoms with Crippen LogP contribution in [0.5, 0.6) is 0 Å². The number of likely N-dealkylation sites (tertiary alicyclic amines) is 1. The lowest BCUT2D eigenvalue weighted by molar-refractivity contribution is 0.169. The fraction of sp³-hybridized carbons (Fsp3) is 0.571. The Bertz CT molecular complexity index is 666. The summed E-state index contributed by atoms with van der Waals surface area (Å²) in [4.78, 5) is 9.94. The molecule has 0 radical (unpaired) electrons. The van der Waals surface area contributed by atoms with Crippen LogP contribution in [-0.2, 0) is 13.0 Å². The minimum Gasteiger partial charge on any atom is -0.356 e. The zero-order chi connectivity index (χ0) is 18.9. The van der Waals surface area contributed by atoms with Crippen molar-refractivity contribution in [2.45, 2.75) is 32.7 Å². The molecule has 2 N–H and O–H groups in total. The van der Waals surface area contributed by atoms with Crippen LogP contribution in [-0.4, -0.2) is 44.1 Å². The van der Waals surface area contributed by atoms with E-state index in [2.05, 4.69) is 62.5 Å². The van der Waals surface area contributed by atoms with Crippen LogP contribution in [0, 0.1) is 11.8 Å². The van der Waals surface area contributed by atoms with Gasteiger partial charge in [-0.2, -0.15) is 0 Å². The highest BCUT2D eigenvalue weighted by Gasteiger charge is 2.20. The molecular weight excluding hydrogens is 372 g/mol. The van der Waals surface area contributed by atoms with E-state index in [4.69, 9.17) is 0 Å². The van der Waals surface area contributed by atoms with Gasteiger partial charge in [-0.3, -0.25) is 9.89 Å². The number of aliphatic imine (C=N–C) groups is 1. The SMILES string of the molecule is CN=C(NCC(C)Cc1cccs1)NCC1CCCN(Cc2cccs2)C1. The van der Waals surface area contributed by atoms with Gasteiger partial charge >= 0.3 is 0 Å². The summed E-state index contributed by atoms with van der Waals surface area (Å²) in [5.41, 5.74) is 0. The van der Waals surface area contributed by atoms with Gasteiger partial charge in [-0.15, -0.1) is 22.7 Å². The van der Waals surface area contributed by atoms with Gasteiger partial charge in [0.25, 0.3) is 0 Å². The third-order valence-electron chi connectivity index (χ3n) is 5.09. The van der Waals surface area contributed by atoms with E-state index in [9.17, 15) is 0 Å². The Balaban J connectivity index is 1.37. The molecule has 4 nitrogen and oxygen atoms in total. The van der Waals surface area contributed by atoms with E-state index < -0.39 is 0 Å². The standard InChI is InChI=1S/C21H32N4S2/c1-17(12-19-7-4-10-26-19)13-23-21(22-2)24-14-18-6-3-9-25(15-18)16-20-8-5-11-27-20/h4-5,7-8,10-11,17-18H,3,6,9,12-16H2,1-2H3,(H2,22,23,24). The molecule has 0 bridgehead atoms. The minimum absolute atomic E-state index is 0.596. The first-order valence-corrected chi connectivity index (χ1v) is 11.7. The van der Waals surface area contributed by atoms with Crippen molar-refractivity contribution in [1.29, 1.82) is 0 Å². The topological polar surface area (TPSA) is 39.7 Å². The molecular formula is C21H32N4S2. The second-order valence-electron chi connectivity index (χ2n) is 7.55. The molecule has 148 valence electrons. The quantitative estimate of drug-likeness (QED) is 0.515. The van der Waals surface area contributed by atoms with Crippen molar-refractivity contribution in [1.82, 2.24) is 15.5 Å². The summed E-state index contributed by atoms with van der Waals surface area (Å²) in [6.45, 7) is 7.75. The van der Waals surface area contributed by atoms with E-state index in [1.165, 1.54) is 35.7 Å². The first-order chi connectivity index (χ1) is 13.2. The van der Waals surface area contributed by atoms with Crippen LogP contribution < -0.4 is 10.6 Å². The molecule has 6 heteroatoms. The second-order valence-corrected chi connectivity index (χ2v) is 9.61. The van der Waals surface area contributed by atoms with Gasteiger partial charge in [-0.05, 0) is 60.5 Å². The van der Waals surface area contributed by atoms with Crippen LogP contribution in [0.3, 0.4) is 0 Å². The van der Waals surface area contributed by atoms with Crippen molar-refractivity contribution in [3.05, 3.63) is 44.8 Å². The zero-order valence-corrected chi connectivity index (χ0v) is 18.1. The molecule has 2 aromatic heterocycles. The molecule has 1 fully saturated rings. The summed E-state index contributed by atoms with van der Waals surface area (Å²) in [6, 6.07) is 8.75. The molecule has 1 aliphatic heterocycles. The number of piperidine rings is 1. The van der Waals surface area contributed by atoms with Gasteiger partial charge in [0.15, 0.2) is 5.96 Å². The molecule has 2 atom stereocenters. The van der Waals surface area contributed by atoms with E-state index in [1.54, 1.807) is 0 Å². The fourth-order valence-electron chi connectivity index (χ4n) is 3.66. The zero-order valence-electron chi connectivity index (χ0n) is 16.5. The monoisotopic (exact) mass is 404 g/mol. The summed E-state index contributed by atoms with van der Waals surface area (Å²) >= 11 is 3.71. The molecule has 0 saturated carbocycles. The lowest BCUT2D eigenvalue weighted by Gasteiger charge is -2.32. The Hall–Kier alpha value is -1.37. The maximum atomic E-state index is 4.41. The summed E-state index contributed by atoms with van der Waals surface area (Å²) in [5.74, 6) is 2.22. The Labute approximate surface area is 171 Å². The maximum Gasteiger partial charge on any atom is 0.190 e. The number of hydrogen-bond acceptors (Lipinski definition) is 4. The summed E-state index contributed by atoms with van der Waals surface area (Å²) in [7, 11) is 1.86.